The Morgan fingerprint density at radius 1 is 0.567 bits per heavy atom. The maximum atomic E-state index is 12.9. The van der Waals surface area contributed by atoms with Crippen LogP contribution in [0.2, 0.25) is 0 Å². The van der Waals surface area contributed by atoms with Crippen LogP contribution in [0.4, 0.5) is 0 Å². The van der Waals surface area contributed by atoms with Crippen molar-refractivity contribution in [1.82, 2.24) is 5.32 Å². The van der Waals surface area contributed by atoms with E-state index in [1.54, 1.807) is 6.08 Å². The predicted molar refractivity (Wildman–Crippen MR) is 256 cm³/mol. The van der Waals surface area contributed by atoms with Gasteiger partial charge in [-0.15, -0.1) is 0 Å². The van der Waals surface area contributed by atoms with Crippen molar-refractivity contribution in [3.8, 4) is 0 Å². The molecule has 0 aliphatic rings. The number of unbranched alkanes of at least 4 members (excludes halogenated alkanes) is 26. The first kappa shape index (κ1) is 58.5. The molecule has 8 nitrogen and oxygen atoms in total. The van der Waals surface area contributed by atoms with Crippen molar-refractivity contribution < 1.29 is 32.9 Å². The van der Waals surface area contributed by atoms with Crippen LogP contribution in [0.3, 0.4) is 0 Å². The second-order valence-electron chi connectivity index (χ2n) is 18.1. The van der Waals surface area contributed by atoms with Crippen molar-refractivity contribution in [3.05, 3.63) is 48.6 Å². The number of allylic oxidation sites excluding steroid dienone is 7. The minimum atomic E-state index is -4.60. The van der Waals surface area contributed by atoms with Crippen LogP contribution in [0, 0.1) is 0 Å². The number of aliphatic hydroxyl groups excluding tert-OH is 1. The van der Waals surface area contributed by atoms with E-state index in [1.807, 2.05) is 27.2 Å². The lowest BCUT2D eigenvalue weighted by Gasteiger charge is -2.29. The van der Waals surface area contributed by atoms with Crippen molar-refractivity contribution in [2.75, 3.05) is 40.9 Å². The number of nitrogens with one attached hydrogen (secondary N) is 1. The lowest BCUT2D eigenvalue weighted by atomic mass is 10.0. The molecule has 60 heavy (non-hydrogen) atoms. The zero-order chi connectivity index (χ0) is 44.3. The summed E-state index contributed by atoms with van der Waals surface area (Å²) in [4.78, 5) is 25.3. The number of carbonyl (C=O) groups excluding carboxylic acids is 1. The van der Waals surface area contributed by atoms with E-state index in [0.717, 1.165) is 51.4 Å². The number of rotatable bonds is 45. The summed E-state index contributed by atoms with van der Waals surface area (Å²) in [7, 11) is 1.23. The van der Waals surface area contributed by atoms with Gasteiger partial charge in [0.15, 0.2) is 0 Å². The number of hydrogen-bond donors (Lipinski definition) is 2. The molecule has 0 aromatic heterocycles. The summed E-state index contributed by atoms with van der Waals surface area (Å²) < 4.78 is 23.2. The van der Waals surface area contributed by atoms with Gasteiger partial charge < -0.3 is 28.8 Å². The fraction of sp³-hybridized carbons (Fsp3) is 0.824. The van der Waals surface area contributed by atoms with Crippen LogP contribution in [0.15, 0.2) is 48.6 Å². The van der Waals surface area contributed by atoms with Crippen LogP contribution in [-0.4, -0.2) is 68.5 Å². The van der Waals surface area contributed by atoms with Gasteiger partial charge >= 0.3 is 0 Å². The molecule has 3 unspecified atom stereocenters. The molecular formula is C51H97N2O6P. The van der Waals surface area contributed by atoms with E-state index < -0.39 is 26.6 Å². The molecule has 0 saturated carbocycles. The van der Waals surface area contributed by atoms with Crippen molar-refractivity contribution in [3.63, 3.8) is 0 Å². The number of carbonyl (C=O) groups is 1. The summed E-state index contributed by atoms with van der Waals surface area (Å²) in [6, 6.07) is -0.907. The summed E-state index contributed by atoms with van der Waals surface area (Å²) in [5.74, 6) is -0.213. The highest BCUT2D eigenvalue weighted by atomic mass is 31.2. The van der Waals surface area contributed by atoms with Crippen molar-refractivity contribution in [2.45, 2.75) is 231 Å². The first-order valence-corrected chi connectivity index (χ1v) is 26.5. The number of hydrogen-bond acceptors (Lipinski definition) is 6. The minimum Gasteiger partial charge on any atom is -0.756 e. The Kier molecular flexibility index (Phi) is 41.6. The Morgan fingerprint density at radius 3 is 1.42 bits per heavy atom. The molecule has 0 aromatic carbocycles. The van der Waals surface area contributed by atoms with Crippen molar-refractivity contribution in [1.29, 1.82) is 0 Å². The number of quaternary nitrogens is 1. The van der Waals surface area contributed by atoms with E-state index in [2.05, 4.69) is 55.6 Å². The molecule has 3 atom stereocenters. The maximum absolute atomic E-state index is 12.9. The molecule has 0 saturated heterocycles. The molecule has 0 rings (SSSR count). The van der Waals surface area contributed by atoms with E-state index in [-0.39, 0.29) is 12.5 Å². The Bertz CT molecular complexity index is 1120. The van der Waals surface area contributed by atoms with Crippen LogP contribution >= 0.6 is 7.82 Å². The van der Waals surface area contributed by atoms with Gasteiger partial charge in [-0.1, -0.05) is 197 Å². The first-order valence-electron chi connectivity index (χ1n) is 25.0. The van der Waals surface area contributed by atoms with Crippen molar-refractivity contribution in [2.24, 2.45) is 0 Å². The van der Waals surface area contributed by atoms with Crippen LogP contribution in [0.1, 0.15) is 219 Å². The van der Waals surface area contributed by atoms with E-state index in [1.165, 1.54) is 148 Å². The summed E-state index contributed by atoms with van der Waals surface area (Å²) in [5.41, 5.74) is 0. The van der Waals surface area contributed by atoms with E-state index in [4.69, 9.17) is 9.05 Å². The van der Waals surface area contributed by atoms with Gasteiger partial charge in [0.1, 0.15) is 13.2 Å². The summed E-state index contributed by atoms with van der Waals surface area (Å²) >= 11 is 0. The summed E-state index contributed by atoms with van der Waals surface area (Å²) in [6.45, 7) is 4.54. The number of phosphoric acid groups is 1. The van der Waals surface area contributed by atoms with Gasteiger partial charge in [-0.25, -0.2) is 0 Å². The quantitative estimate of drug-likeness (QED) is 0.0273. The number of aliphatic hydroxyl groups is 1. The van der Waals surface area contributed by atoms with Gasteiger partial charge in [0.2, 0.25) is 5.91 Å². The number of likely N-dealkylation sites (N-methyl/N-ethyl adjacent to an activating group) is 1. The molecule has 9 heteroatoms. The smallest absolute Gasteiger partial charge is 0.268 e. The number of phosphoric ester groups is 1. The summed E-state index contributed by atoms with van der Waals surface area (Å²) in [5, 5.41) is 13.7. The minimum absolute atomic E-state index is 0.00942. The lowest BCUT2D eigenvalue weighted by molar-refractivity contribution is -0.870. The van der Waals surface area contributed by atoms with Crippen molar-refractivity contribution >= 4 is 13.7 Å². The molecule has 352 valence electrons. The van der Waals surface area contributed by atoms with Crippen LogP contribution in [-0.2, 0) is 18.4 Å². The third-order valence-corrected chi connectivity index (χ3v) is 11.9. The highest BCUT2D eigenvalue weighted by Crippen LogP contribution is 2.38. The topological polar surface area (TPSA) is 108 Å². The van der Waals surface area contributed by atoms with Gasteiger partial charge in [0, 0.05) is 6.42 Å². The lowest BCUT2D eigenvalue weighted by Crippen LogP contribution is -2.45. The number of amides is 1. The molecule has 0 aromatic rings. The third-order valence-electron chi connectivity index (χ3n) is 11.0. The van der Waals surface area contributed by atoms with Crippen LogP contribution in [0.25, 0.3) is 0 Å². The SMILES string of the molecule is CCC/C=C/CC/C=C/CC/C=C/C(O)C(COP(=O)([O-])OCC[N+](C)(C)C)NC(=O)CCCCCCCCCCCCCCCCC/C=C\CCCCCCCCCC. The van der Waals surface area contributed by atoms with Gasteiger partial charge in [-0.2, -0.15) is 0 Å². The summed E-state index contributed by atoms with van der Waals surface area (Å²) in [6.07, 6.45) is 54.8. The molecule has 0 radical (unpaired) electrons. The Balaban J connectivity index is 4.14. The molecule has 0 aliphatic carbocycles. The molecule has 0 aliphatic heterocycles. The Hall–Kier alpha value is -1.54. The molecule has 0 bridgehead atoms. The second kappa shape index (κ2) is 42.7. The zero-order valence-electron chi connectivity index (χ0n) is 39.9. The van der Waals surface area contributed by atoms with Gasteiger partial charge in [0.25, 0.3) is 7.82 Å². The molecule has 0 fully saturated rings. The van der Waals surface area contributed by atoms with Gasteiger partial charge in [-0.05, 0) is 64.2 Å². The fourth-order valence-electron chi connectivity index (χ4n) is 7.01. The highest BCUT2D eigenvalue weighted by Gasteiger charge is 2.23. The molecular weight excluding hydrogens is 768 g/mol. The predicted octanol–water partition coefficient (Wildman–Crippen LogP) is 13.8. The van der Waals surface area contributed by atoms with E-state index in [0.29, 0.717) is 17.4 Å². The highest BCUT2D eigenvalue weighted by molar-refractivity contribution is 7.45. The molecule has 2 N–H and O–H groups in total. The fourth-order valence-corrected chi connectivity index (χ4v) is 7.73. The zero-order valence-corrected chi connectivity index (χ0v) is 40.8. The van der Waals surface area contributed by atoms with Crippen LogP contribution < -0.4 is 10.2 Å². The molecule has 0 heterocycles. The normalized spacial score (nSPS) is 14.6. The van der Waals surface area contributed by atoms with Gasteiger partial charge in [0.05, 0.1) is 39.9 Å². The maximum Gasteiger partial charge on any atom is 0.268 e. The van der Waals surface area contributed by atoms with E-state index >= 15 is 0 Å². The third kappa shape index (κ3) is 44.5. The van der Waals surface area contributed by atoms with E-state index in [9.17, 15) is 19.4 Å². The van der Waals surface area contributed by atoms with Gasteiger partial charge in [-0.3, -0.25) is 9.36 Å². The first-order chi connectivity index (χ1) is 29.0. The average Bonchev–Trinajstić information content (AvgIpc) is 3.20. The Morgan fingerprint density at radius 2 is 0.967 bits per heavy atom. The van der Waals surface area contributed by atoms with Crippen LogP contribution in [0.5, 0.6) is 0 Å². The average molecular weight is 865 g/mol. The second-order valence-corrected chi connectivity index (χ2v) is 19.6. The Labute approximate surface area is 371 Å². The molecule has 0 spiro atoms. The monoisotopic (exact) mass is 865 g/mol. The largest absolute Gasteiger partial charge is 0.756 e. The standard InChI is InChI=1S/C51H97N2O6P/c1-6-8-10-12-14-16-18-19-20-21-22-23-24-25-26-27-28-29-30-31-32-33-35-37-39-41-43-45-51(55)52-49(48-59-60(56,57)58-47-46-53(3,4)5)50(54)44-42-40-38-36-34-17-15-13-11-9-7-2/h11,13,21-22,34,36,42,44,49-50,54H,6-10,12,14-20,23-33,35,37-41,43,45-48H2,1-5H3,(H-,52,55,56,57)/b13-11+,22-21-,36-34+,44-42+. The number of nitrogens with zero attached hydrogens (tertiary/aromatic N) is 1. The molecule has 1 amide bonds.